The van der Waals surface area contributed by atoms with Gasteiger partial charge in [-0.3, -0.25) is 14.4 Å². The lowest BCUT2D eigenvalue weighted by atomic mass is 9.82. The van der Waals surface area contributed by atoms with Crippen molar-refractivity contribution in [3.63, 3.8) is 0 Å². The van der Waals surface area contributed by atoms with Crippen molar-refractivity contribution in [1.29, 1.82) is 0 Å². The Morgan fingerprint density at radius 3 is 2.53 bits per heavy atom. The zero-order chi connectivity index (χ0) is 22.6. The molecule has 1 heterocycles. The summed E-state index contributed by atoms with van der Waals surface area (Å²) in [5, 5.41) is 2.83. The second-order valence-electron chi connectivity index (χ2n) is 8.52. The molecule has 4 atom stereocenters. The number of para-hydroxylation sites is 1. The second-order valence-corrected chi connectivity index (χ2v) is 8.52. The monoisotopic (exact) mass is 432 g/mol. The molecule has 3 aliphatic rings. The van der Waals surface area contributed by atoms with Gasteiger partial charge in [-0.15, -0.1) is 0 Å². The van der Waals surface area contributed by atoms with Gasteiger partial charge in [0, 0.05) is 6.07 Å². The number of amides is 3. The number of anilines is 2. The van der Waals surface area contributed by atoms with Crippen LogP contribution in [0.2, 0.25) is 0 Å². The van der Waals surface area contributed by atoms with E-state index in [2.05, 4.69) is 11.4 Å². The number of fused-ring (bicyclic) bond motifs is 5. The van der Waals surface area contributed by atoms with Crippen LogP contribution in [0, 0.1) is 23.7 Å². The van der Waals surface area contributed by atoms with Crippen molar-refractivity contribution in [3.05, 3.63) is 59.7 Å². The first-order valence-corrected chi connectivity index (χ1v) is 10.6. The fourth-order valence-electron chi connectivity index (χ4n) is 5.46. The van der Waals surface area contributed by atoms with Crippen LogP contribution in [0.4, 0.5) is 11.4 Å². The van der Waals surface area contributed by atoms with E-state index in [1.165, 1.54) is 17.6 Å². The maximum atomic E-state index is 13.3. The maximum absolute atomic E-state index is 13.3. The molecule has 1 N–H and O–H groups in total. The number of methoxy groups -OCH3 is 2. The first-order chi connectivity index (χ1) is 15.4. The van der Waals surface area contributed by atoms with Crippen LogP contribution in [-0.4, -0.2) is 31.9 Å². The van der Waals surface area contributed by atoms with Crippen molar-refractivity contribution in [2.24, 2.45) is 23.7 Å². The number of hydrogen-bond acceptors (Lipinski definition) is 5. The van der Waals surface area contributed by atoms with Crippen molar-refractivity contribution in [1.82, 2.24) is 0 Å². The summed E-state index contributed by atoms with van der Waals surface area (Å²) < 4.78 is 10.6. The Kier molecular flexibility index (Phi) is 4.77. The largest absolute Gasteiger partial charge is 0.497 e. The highest BCUT2D eigenvalue weighted by molar-refractivity contribution is 6.25. The van der Waals surface area contributed by atoms with Crippen molar-refractivity contribution in [2.45, 2.75) is 13.3 Å². The van der Waals surface area contributed by atoms with Crippen LogP contribution in [0.1, 0.15) is 23.7 Å². The molecule has 32 heavy (non-hydrogen) atoms. The van der Waals surface area contributed by atoms with Crippen LogP contribution in [0.3, 0.4) is 0 Å². The number of rotatable bonds is 5. The molecule has 1 saturated carbocycles. The van der Waals surface area contributed by atoms with E-state index in [4.69, 9.17) is 9.47 Å². The van der Waals surface area contributed by atoms with E-state index < -0.39 is 5.91 Å². The Balaban J connectivity index is 1.46. The first-order valence-electron chi connectivity index (χ1n) is 10.6. The molecule has 1 aliphatic heterocycles. The zero-order valence-corrected chi connectivity index (χ0v) is 18.1. The number of carbonyl (C=O) groups excluding carboxylic acids is 3. The predicted molar refractivity (Wildman–Crippen MR) is 119 cm³/mol. The van der Waals surface area contributed by atoms with E-state index in [0.717, 1.165) is 6.42 Å². The number of imide groups is 1. The molecule has 2 fully saturated rings. The summed E-state index contributed by atoms with van der Waals surface area (Å²) >= 11 is 0. The van der Waals surface area contributed by atoms with E-state index in [1.54, 1.807) is 49.6 Å². The van der Waals surface area contributed by atoms with Gasteiger partial charge >= 0.3 is 0 Å². The molecule has 0 spiro atoms. The van der Waals surface area contributed by atoms with E-state index in [0.29, 0.717) is 22.9 Å². The fourth-order valence-corrected chi connectivity index (χ4v) is 5.46. The number of hydrogen-bond donors (Lipinski definition) is 1. The Bertz CT molecular complexity index is 1170. The van der Waals surface area contributed by atoms with Gasteiger partial charge in [-0.05, 0) is 49.4 Å². The average Bonchev–Trinajstić information content (AvgIpc) is 3.44. The predicted octanol–water partition coefficient (Wildman–Crippen LogP) is 3.66. The van der Waals surface area contributed by atoms with Gasteiger partial charge in [0.25, 0.3) is 5.91 Å². The van der Waals surface area contributed by atoms with Crippen LogP contribution in [0.15, 0.2) is 54.1 Å². The zero-order valence-electron chi connectivity index (χ0n) is 18.1. The first kappa shape index (κ1) is 20.3. The second kappa shape index (κ2) is 7.51. The van der Waals surface area contributed by atoms with Gasteiger partial charge in [0.15, 0.2) is 0 Å². The molecule has 2 aromatic carbocycles. The topological polar surface area (TPSA) is 84.9 Å². The highest BCUT2D eigenvalue weighted by Gasteiger charge is 2.61. The summed E-state index contributed by atoms with van der Waals surface area (Å²) in [5.41, 5.74) is 2.22. The Labute approximate surface area is 186 Å². The van der Waals surface area contributed by atoms with Crippen molar-refractivity contribution < 1.29 is 23.9 Å². The molecule has 0 unspecified atom stereocenters. The summed E-state index contributed by atoms with van der Waals surface area (Å²) in [5.74, 6) is -0.231. The smallest absolute Gasteiger partial charge is 0.257 e. The summed E-state index contributed by atoms with van der Waals surface area (Å²) in [4.78, 5) is 41.1. The number of nitrogens with one attached hydrogen (secondary N) is 1. The van der Waals surface area contributed by atoms with Crippen molar-refractivity contribution >= 4 is 29.1 Å². The lowest BCUT2D eigenvalue weighted by Crippen LogP contribution is -2.34. The van der Waals surface area contributed by atoms with Crippen LogP contribution in [-0.2, 0) is 9.59 Å². The molecule has 2 aromatic rings. The molecule has 7 heteroatoms. The van der Waals surface area contributed by atoms with Crippen LogP contribution in [0.5, 0.6) is 11.5 Å². The van der Waals surface area contributed by atoms with Crippen LogP contribution in [0.25, 0.3) is 0 Å². The highest BCUT2D eigenvalue weighted by atomic mass is 16.5. The van der Waals surface area contributed by atoms with Crippen LogP contribution < -0.4 is 19.7 Å². The molecule has 3 amide bonds. The Hall–Kier alpha value is -3.61. The fraction of sp³-hybridized carbons (Fsp3) is 0.320. The average molecular weight is 432 g/mol. The Morgan fingerprint density at radius 2 is 1.78 bits per heavy atom. The quantitative estimate of drug-likeness (QED) is 0.576. The van der Waals surface area contributed by atoms with Crippen molar-refractivity contribution in [2.75, 3.05) is 24.4 Å². The molecule has 1 saturated heterocycles. The highest BCUT2D eigenvalue weighted by Crippen LogP contribution is 2.56. The molecule has 7 nitrogen and oxygen atoms in total. The lowest BCUT2D eigenvalue weighted by molar-refractivity contribution is -0.123. The molecule has 5 rings (SSSR count). The van der Waals surface area contributed by atoms with Gasteiger partial charge in [0.2, 0.25) is 11.8 Å². The van der Waals surface area contributed by atoms with E-state index in [1.807, 2.05) is 6.92 Å². The van der Waals surface area contributed by atoms with Gasteiger partial charge in [-0.2, -0.15) is 0 Å². The van der Waals surface area contributed by atoms with Gasteiger partial charge < -0.3 is 14.8 Å². The molecule has 0 aromatic heterocycles. The molecule has 2 aliphatic carbocycles. The van der Waals surface area contributed by atoms with E-state index in [9.17, 15) is 14.4 Å². The van der Waals surface area contributed by atoms with Gasteiger partial charge in [-0.25, -0.2) is 4.90 Å². The minimum absolute atomic E-state index is 0.107. The number of carbonyl (C=O) groups is 3. The maximum Gasteiger partial charge on any atom is 0.257 e. The van der Waals surface area contributed by atoms with Gasteiger partial charge in [0.05, 0.1) is 43.0 Å². The van der Waals surface area contributed by atoms with Gasteiger partial charge in [0.1, 0.15) is 11.5 Å². The molecule has 2 bridgehead atoms. The Morgan fingerprint density at radius 1 is 1.03 bits per heavy atom. The molecular weight excluding hydrogens is 408 g/mol. The molecule has 164 valence electrons. The summed E-state index contributed by atoms with van der Waals surface area (Å²) in [7, 11) is 3.05. The lowest BCUT2D eigenvalue weighted by Gasteiger charge is -2.21. The van der Waals surface area contributed by atoms with Crippen molar-refractivity contribution in [3.8, 4) is 11.5 Å². The summed E-state index contributed by atoms with van der Waals surface area (Å²) in [6.07, 6.45) is 3.00. The standard InChI is InChI=1S/C25H24N2O5/c1-13-10-14-11-17(13)22-21(14)24(29)27(25(22)30)19-7-5-4-6-16(19)23(28)26-18-9-8-15(31-2)12-20(18)32-3/h4-10,12,14,17,21-22H,11H2,1-3H3,(H,26,28)/t14-,17+,21-,22-/m0/s1. The third kappa shape index (κ3) is 2.92. The van der Waals surface area contributed by atoms with E-state index in [-0.39, 0.29) is 41.0 Å². The van der Waals surface area contributed by atoms with E-state index >= 15 is 0 Å². The minimum atomic E-state index is -0.431. The third-order valence-electron chi connectivity index (χ3n) is 6.93. The molecular formula is C25H24N2O5. The SMILES string of the molecule is COc1ccc(NC(=O)c2ccccc2N2C(=O)[C@@H]3[C@@H](C2=O)[C@H]2C=C(C)[C@H]3C2)c(OC)c1. The molecule has 0 radical (unpaired) electrons. The summed E-state index contributed by atoms with van der Waals surface area (Å²) in [6, 6.07) is 11.8. The minimum Gasteiger partial charge on any atom is -0.497 e. The number of allylic oxidation sites excluding steroid dienone is 2. The normalized spacial score (nSPS) is 25.6. The number of benzene rings is 2. The number of ether oxygens (including phenoxy) is 2. The van der Waals surface area contributed by atoms with Gasteiger partial charge in [-0.1, -0.05) is 23.8 Å². The third-order valence-corrected chi connectivity index (χ3v) is 6.93. The summed E-state index contributed by atoms with van der Waals surface area (Å²) in [6.45, 7) is 2.03. The van der Waals surface area contributed by atoms with Crippen LogP contribution >= 0.6 is 0 Å². The number of nitrogens with zero attached hydrogens (tertiary/aromatic N) is 1.